The first kappa shape index (κ1) is 42.9. The van der Waals surface area contributed by atoms with Gasteiger partial charge in [0, 0.05) is 25.1 Å². The van der Waals surface area contributed by atoms with Gasteiger partial charge in [0.05, 0.1) is 46.2 Å². The van der Waals surface area contributed by atoms with Crippen LogP contribution in [0.1, 0.15) is 78.7 Å². The molecular formula is C35H60N4O9. The molecule has 1 aromatic carbocycles. The second kappa shape index (κ2) is 26.8. The molecule has 1 aromatic rings. The van der Waals surface area contributed by atoms with E-state index in [0.717, 1.165) is 18.6 Å². The molecule has 0 heterocycles. The van der Waals surface area contributed by atoms with E-state index in [-0.39, 0.29) is 43.3 Å². The number of carbonyl (C=O) groups is 4. The fourth-order valence-corrected chi connectivity index (χ4v) is 4.23. The Morgan fingerprint density at radius 1 is 0.729 bits per heavy atom. The van der Waals surface area contributed by atoms with Gasteiger partial charge >= 0.3 is 5.97 Å². The van der Waals surface area contributed by atoms with Crippen molar-refractivity contribution in [1.82, 2.24) is 10.6 Å². The van der Waals surface area contributed by atoms with Crippen molar-refractivity contribution >= 4 is 29.4 Å². The van der Waals surface area contributed by atoms with Crippen LogP contribution in [0.2, 0.25) is 0 Å². The van der Waals surface area contributed by atoms with Gasteiger partial charge in [-0.25, -0.2) is 0 Å². The van der Waals surface area contributed by atoms with E-state index >= 15 is 0 Å². The van der Waals surface area contributed by atoms with Crippen molar-refractivity contribution in [2.75, 3.05) is 64.7 Å². The molecule has 0 aliphatic heterocycles. The zero-order valence-electron chi connectivity index (χ0n) is 29.7. The first-order valence-corrected chi connectivity index (χ1v) is 17.2. The lowest BCUT2D eigenvalue weighted by Crippen LogP contribution is -2.54. The number of ether oxygens (including phenoxy) is 5. The Bertz CT molecular complexity index is 1040. The molecule has 5 N–H and O–H groups in total. The number of amides is 3. The molecule has 0 fully saturated rings. The summed E-state index contributed by atoms with van der Waals surface area (Å²) < 4.78 is 27.1. The Morgan fingerprint density at radius 2 is 1.31 bits per heavy atom. The molecule has 0 bridgehead atoms. The lowest BCUT2D eigenvalue weighted by Gasteiger charge is -2.25. The van der Waals surface area contributed by atoms with E-state index in [2.05, 4.69) is 29.8 Å². The van der Waals surface area contributed by atoms with Gasteiger partial charge in [-0.15, -0.1) is 0 Å². The van der Waals surface area contributed by atoms with E-state index in [9.17, 15) is 19.2 Å². The van der Waals surface area contributed by atoms with Gasteiger partial charge in [-0.3, -0.25) is 19.2 Å². The van der Waals surface area contributed by atoms with Crippen LogP contribution in [0, 0.1) is 11.8 Å². The zero-order chi connectivity index (χ0) is 35.6. The number of rotatable bonds is 28. The smallest absolute Gasteiger partial charge is 0.305 e. The number of esters is 1. The Labute approximate surface area is 286 Å². The van der Waals surface area contributed by atoms with E-state index in [1.807, 2.05) is 13.8 Å². The summed E-state index contributed by atoms with van der Waals surface area (Å²) in [6.45, 7) is 13.9. The third-order valence-corrected chi connectivity index (χ3v) is 7.18. The minimum atomic E-state index is -0.837. The van der Waals surface area contributed by atoms with E-state index in [4.69, 9.17) is 29.4 Å². The highest BCUT2D eigenvalue weighted by Gasteiger charge is 2.28. The van der Waals surface area contributed by atoms with Crippen molar-refractivity contribution in [2.24, 2.45) is 17.6 Å². The topological polar surface area (TPSA) is 177 Å². The molecule has 13 heteroatoms. The van der Waals surface area contributed by atoms with Crippen LogP contribution in [-0.2, 0) is 49.5 Å². The Morgan fingerprint density at radius 3 is 1.85 bits per heavy atom. The van der Waals surface area contributed by atoms with E-state index in [0.29, 0.717) is 83.5 Å². The molecule has 0 saturated heterocycles. The fraction of sp³-hybridized carbons (Fsp3) is 0.714. The van der Waals surface area contributed by atoms with Gasteiger partial charge in [0.15, 0.2) is 0 Å². The summed E-state index contributed by atoms with van der Waals surface area (Å²) in [5.41, 5.74) is 6.97. The molecule has 2 atom stereocenters. The predicted molar refractivity (Wildman–Crippen MR) is 184 cm³/mol. The molecule has 0 spiro atoms. The lowest BCUT2D eigenvalue weighted by atomic mass is 10.0. The van der Waals surface area contributed by atoms with E-state index < -0.39 is 18.0 Å². The van der Waals surface area contributed by atoms with Gasteiger partial charge < -0.3 is 45.4 Å². The van der Waals surface area contributed by atoms with Gasteiger partial charge in [0.25, 0.3) is 0 Å². The molecule has 3 amide bonds. The van der Waals surface area contributed by atoms with Crippen molar-refractivity contribution in [1.29, 1.82) is 0 Å². The highest BCUT2D eigenvalue weighted by molar-refractivity contribution is 5.98. The van der Waals surface area contributed by atoms with E-state index in [1.54, 1.807) is 31.2 Å². The predicted octanol–water partition coefficient (Wildman–Crippen LogP) is 3.34. The summed E-state index contributed by atoms with van der Waals surface area (Å²) in [5, 5.41) is 8.44. The van der Waals surface area contributed by atoms with Gasteiger partial charge in [-0.2, -0.15) is 0 Å². The molecule has 13 nitrogen and oxygen atoms in total. The standard InChI is InChI=1S/C35H60N4O9/c1-6-32(41)48-25-28-10-12-29(13-11-28)37-34(42)30(9-7-8-16-36)38-35(43)33(27(4)5)39-31(40)15-18-45-20-22-47-24-23-46-21-19-44-17-14-26(2)3/h10-13,26-27,30,33H,6-9,14-25,36H2,1-5H3,(H,37,42)(H,38,43)(H,39,40). The first-order chi connectivity index (χ1) is 23.1. The van der Waals surface area contributed by atoms with Crippen LogP contribution in [0.4, 0.5) is 5.69 Å². The molecule has 0 aliphatic carbocycles. The number of nitrogens with two attached hydrogens (primary N) is 1. The molecular weight excluding hydrogens is 620 g/mol. The molecule has 274 valence electrons. The summed E-state index contributed by atoms with van der Waals surface area (Å²) in [7, 11) is 0. The number of carbonyl (C=O) groups excluding carboxylic acids is 4. The molecule has 0 aliphatic rings. The third-order valence-electron chi connectivity index (χ3n) is 7.18. The molecule has 0 saturated carbocycles. The zero-order valence-corrected chi connectivity index (χ0v) is 29.7. The number of hydrogen-bond donors (Lipinski definition) is 4. The number of benzene rings is 1. The minimum absolute atomic E-state index is 0.0739. The number of unbranched alkanes of at least 4 members (excludes halogenated alkanes) is 1. The summed E-state index contributed by atoms with van der Waals surface area (Å²) in [6.07, 6.45) is 3.12. The summed E-state index contributed by atoms with van der Waals surface area (Å²) in [6, 6.07) is 5.26. The molecule has 2 unspecified atom stereocenters. The molecule has 1 rings (SSSR count). The Kier molecular flexibility index (Phi) is 24.0. The quantitative estimate of drug-likeness (QED) is 0.0759. The van der Waals surface area contributed by atoms with Crippen molar-refractivity contribution < 1.29 is 42.9 Å². The monoisotopic (exact) mass is 680 g/mol. The average Bonchev–Trinajstić information content (AvgIpc) is 3.06. The summed E-state index contributed by atoms with van der Waals surface area (Å²) >= 11 is 0. The number of anilines is 1. The first-order valence-electron chi connectivity index (χ1n) is 17.2. The van der Waals surface area contributed by atoms with Crippen LogP contribution >= 0.6 is 0 Å². The SMILES string of the molecule is CCC(=O)OCc1ccc(NC(=O)C(CCCCN)NC(=O)C(NC(=O)CCOCCOCCOCCOCCC(C)C)C(C)C)cc1. The maximum atomic E-state index is 13.3. The van der Waals surface area contributed by atoms with Gasteiger partial charge in [-0.05, 0) is 61.8 Å². The van der Waals surface area contributed by atoms with Crippen LogP contribution in [0.25, 0.3) is 0 Å². The average molecular weight is 681 g/mol. The van der Waals surface area contributed by atoms with Crippen LogP contribution in [0.5, 0.6) is 0 Å². The van der Waals surface area contributed by atoms with E-state index in [1.165, 1.54) is 0 Å². The normalized spacial score (nSPS) is 12.5. The highest BCUT2D eigenvalue weighted by atomic mass is 16.6. The van der Waals surface area contributed by atoms with Crippen LogP contribution < -0.4 is 21.7 Å². The Hall–Kier alpha value is -3.10. The third kappa shape index (κ3) is 21.0. The van der Waals surface area contributed by atoms with Crippen LogP contribution in [0.15, 0.2) is 24.3 Å². The summed E-state index contributed by atoms with van der Waals surface area (Å²) in [5.74, 6) is -1.05. The molecule has 0 aromatic heterocycles. The maximum Gasteiger partial charge on any atom is 0.305 e. The van der Waals surface area contributed by atoms with Crippen molar-refractivity contribution in [2.45, 2.75) is 91.8 Å². The second-order valence-electron chi connectivity index (χ2n) is 12.2. The van der Waals surface area contributed by atoms with Gasteiger partial charge in [-0.1, -0.05) is 46.8 Å². The highest BCUT2D eigenvalue weighted by Crippen LogP contribution is 2.13. The molecule has 48 heavy (non-hydrogen) atoms. The lowest BCUT2D eigenvalue weighted by molar-refractivity contribution is -0.144. The van der Waals surface area contributed by atoms with Gasteiger partial charge in [0.2, 0.25) is 17.7 Å². The van der Waals surface area contributed by atoms with Crippen LogP contribution in [-0.4, -0.2) is 95.2 Å². The number of hydrogen-bond acceptors (Lipinski definition) is 10. The van der Waals surface area contributed by atoms with Crippen molar-refractivity contribution in [3.63, 3.8) is 0 Å². The largest absolute Gasteiger partial charge is 0.461 e. The fourth-order valence-electron chi connectivity index (χ4n) is 4.23. The summed E-state index contributed by atoms with van der Waals surface area (Å²) in [4.78, 5) is 50.6. The minimum Gasteiger partial charge on any atom is -0.461 e. The Balaban J connectivity index is 2.45. The van der Waals surface area contributed by atoms with Gasteiger partial charge in [0.1, 0.15) is 18.7 Å². The molecule has 0 radical (unpaired) electrons. The van der Waals surface area contributed by atoms with Crippen LogP contribution in [0.3, 0.4) is 0 Å². The maximum absolute atomic E-state index is 13.3. The van der Waals surface area contributed by atoms with Crippen molar-refractivity contribution in [3.8, 4) is 0 Å². The van der Waals surface area contributed by atoms with Crippen molar-refractivity contribution in [3.05, 3.63) is 29.8 Å². The number of nitrogens with one attached hydrogen (secondary N) is 3. The second-order valence-corrected chi connectivity index (χ2v) is 12.2.